The molecule has 0 saturated heterocycles. The van der Waals surface area contributed by atoms with E-state index in [2.05, 4.69) is 4.98 Å². The van der Waals surface area contributed by atoms with E-state index < -0.39 is 11.2 Å². The Bertz CT molecular complexity index is 871. The van der Waals surface area contributed by atoms with E-state index in [0.29, 0.717) is 16.3 Å². The van der Waals surface area contributed by atoms with Crippen LogP contribution in [0.4, 0.5) is 0 Å². The smallest absolute Gasteiger partial charge is 0.253 e. The quantitative estimate of drug-likeness (QED) is 0.787. The number of aromatic hydroxyl groups is 1. The molecular formula is C15H10ClNO4. The van der Waals surface area contributed by atoms with Gasteiger partial charge >= 0.3 is 0 Å². The molecule has 1 N–H and O–H groups in total. The highest BCUT2D eigenvalue weighted by atomic mass is 35.5. The summed E-state index contributed by atoms with van der Waals surface area (Å²) in [7, 11) is 1.55. The highest BCUT2D eigenvalue weighted by Gasteiger charge is 2.16. The molecule has 1 aromatic carbocycles. The molecule has 0 aliphatic heterocycles. The highest BCUT2D eigenvalue weighted by Crippen LogP contribution is 2.31. The minimum absolute atomic E-state index is 0.0363. The number of hydrogen-bond acceptors (Lipinski definition) is 5. The van der Waals surface area contributed by atoms with Crippen LogP contribution in [0.25, 0.3) is 22.4 Å². The first-order valence-electron chi connectivity index (χ1n) is 6.06. The molecule has 2 aromatic heterocycles. The normalized spacial score (nSPS) is 10.8. The number of fused-ring (bicyclic) bond motifs is 1. The molecule has 0 spiro atoms. The average Bonchev–Trinajstić information content (AvgIpc) is 2.51. The van der Waals surface area contributed by atoms with Crippen molar-refractivity contribution in [1.82, 2.24) is 4.98 Å². The zero-order chi connectivity index (χ0) is 15.0. The van der Waals surface area contributed by atoms with Gasteiger partial charge in [0.05, 0.1) is 12.1 Å². The number of benzene rings is 1. The lowest BCUT2D eigenvalue weighted by Gasteiger charge is -2.06. The van der Waals surface area contributed by atoms with Crippen molar-refractivity contribution in [3.8, 4) is 22.8 Å². The van der Waals surface area contributed by atoms with E-state index in [-0.39, 0.29) is 16.9 Å². The zero-order valence-corrected chi connectivity index (χ0v) is 11.7. The molecule has 3 aromatic rings. The number of hydrogen-bond donors (Lipinski definition) is 1. The van der Waals surface area contributed by atoms with Gasteiger partial charge in [0.25, 0.3) is 5.43 Å². The Hall–Kier alpha value is -2.53. The lowest BCUT2D eigenvalue weighted by Crippen LogP contribution is -2.04. The molecule has 0 saturated carbocycles. The molecule has 106 valence electrons. The van der Waals surface area contributed by atoms with Crippen LogP contribution in [0.2, 0.25) is 5.02 Å². The third-order valence-corrected chi connectivity index (χ3v) is 3.24. The van der Waals surface area contributed by atoms with E-state index in [9.17, 15) is 9.90 Å². The summed E-state index contributed by atoms with van der Waals surface area (Å²) in [4.78, 5) is 16.0. The molecular weight excluding hydrogens is 294 g/mol. The molecule has 0 unspecified atom stereocenters. The van der Waals surface area contributed by atoms with Crippen molar-refractivity contribution in [3.63, 3.8) is 0 Å². The van der Waals surface area contributed by atoms with Gasteiger partial charge in [-0.15, -0.1) is 0 Å². The maximum atomic E-state index is 12.1. The molecule has 21 heavy (non-hydrogen) atoms. The molecule has 2 heterocycles. The van der Waals surface area contributed by atoms with E-state index in [1.54, 1.807) is 31.4 Å². The van der Waals surface area contributed by atoms with E-state index in [0.717, 1.165) is 0 Å². The molecule has 0 bridgehead atoms. The molecule has 0 amide bonds. The first kappa shape index (κ1) is 13.5. The van der Waals surface area contributed by atoms with Gasteiger partial charge in [-0.1, -0.05) is 11.6 Å². The lowest BCUT2D eigenvalue weighted by atomic mass is 10.1. The average molecular weight is 304 g/mol. The van der Waals surface area contributed by atoms with Crippen molar-refractivity contribution >= 4 is 22.7 Å². The molecule has 0 radical (unpaired) electrons. The Morgan fingerprint density at radius 2 is 2.00 bits per heavy atom. The standard InChI is InChI=1S/C15H10ClNO4/c1-20-10-4-2-8(3-5-10)15-14(19)13(18)12-11(21-15)6-9(16)7-17-12/h2-7,19H,1H3. The van der Waals surface area contributed by atoms with Crippen LogP contribution >= 0.6 is 11.6 Å². The second-order valence-electron chi connectivity index (χ2n) is 4.34. The summed E-state index contributed by atoms with van der Waals surface area (Å²) < 4.78 is 10.6. The van der Waals surface area contributed by atoms with E-state index in [4.69, 9.17) is 20.8 Å². The fourth-order valence-electron chi connectivity index (χ4n) is 1.98. The summed E-state index contributed by atoms with van der Waals surface area (Å²) in [5.74, 6) is 0.243. The van der Waals surface area contributed by atoms with Gasteiger partial charge in [0, 0.05) is 17.8 Å². The number of ether oxygens (including phenoxy) is 1. The molecule has 0 aliphatic carbocycles. The Kier molecular flexibility index (Phi) is 3.27. The second-order valence-corrected chi connectivity index (χ2v) is 4.77. The number of halogens is 1. The fraction of sp³-hybridized carbons (Fsp3) is 0.0667. The summed E-state index contributed by atoms with van der Waals surface area (Å²) >= 11 is 5.85. The van der Waals surface area contributed by atoms with Gasteiger partial charge in [0.15, 0.2) is 16.9 Å². The third kappa shape index (κ3) is 2.32. The topological polar surface area (TPSA) is 72.6 Å². The summed E-state index contributed by atoms with van der Waals surface area (Å²) in [5.41, 5.74) is 0.205. The van der Waals surface area contributed by atoms with Crippen molar-refractivity contribution in [2.75, 3.05) is 7.11 Å². The maximum Gasteiger partial charge on any atom is 0.253 e. The first-order valence-corrected chi connectivity index (χ1v) is 6.43. The number of pyridine rings is 1. The van der Waals surface area contributed by atoms with Gasteiger partial charge in [-0.25, -0.2) is 4.98 Å². The van der Waals surface area contributed by atoms with Crippen molar-refractivity contribution in [2.24, 2.45) is 0 Å². The van der Waals surface area contributed by atoms with Gasteiger partial charge in [-0.05, 0) is 24.3 Å². The van der Waals surface area contributed by atoms with Crippen molar-refractivity contribution in [3.05, 3.63) is 51.8 Å². The van der Waals surface area contributed by atoms with Gasteiger partial charge < -0.3 is 14.3 Å². The Morgan fingerprint density at radius 1 is 1.29 bits per heavy atom. The number of rotatable bonds is 2. The van der Waals surface area contributed by atoms with Crippen molar-refractivity contribution < 1.29 is 14.3 Å². The van der Waals surface area contributed by atoms with Crippen LogP contribution in [0, 0.1) is 0 Å². The minimum atomic E-state index is -0.598. The van der Waals surface area contributed by atoms with Gasteiger partial charge in [0.1, 0.15) is 5.75 Å². The number of aromatic nitrogens is 1. The van der Waals surface area contributed by atoms with Crippen LogP contribution in [0.5, 0.6) is 11.5 Å². The van der Waals surface area contributed by atoms with Crippen LogP contribution in [-0.4, -0.2) is 17.2 Å². The van der Waals surface area contributed by atoms with Crippen LogP contribution in [-0.2, 0) is 0 Å². The monoisotopic (exact) mass is 303 g/mol. The summed E-state index contributed by atoms with van der Waals surface area (Å²) in [6.45, 7) is 0. The predicted molar refractivity (Wildman–Crippen MR) is 78.9 cm³/mol. The van der Waals surface area contributed by atoms with Gasteiger partial charge in [0.2, 0.25) is 5.75 Å². The van der Waals surface area contributed by atoms with Gasteiger partial charge in [-0.2, -0.15) is 0 Å². The van der Waals surface area contributed by atoms with Crippen LogP contribution < -0.4 is 10.2 Å². The lowest BCUT2D eigenvalue weighted by molar-refractivity contribution is 0.414. The SMILES string of the molecule is COc1ccc(-c2oc3cc(Cl)cnc3c(=O)c2O)cc1. The van der Waals surface area contributed by atoms with E-state index in [1.165, 1.54) is 12.3 Å². The molecule has 5 nitrogen and oxygen atoms in total. The van der Waals surface area contributed by atoms with E-state index in [1.807, 2.05) is 0 Å². The Balaban J connectivity index is 2.26. The van der Waals surface area contributed by atoms with Crippen LogP contribution in [0.15, 0.2) is 45.7 Å². The summed E-state index contributed by atoms with van der Waals surface area (Å²) in [6, 6.07) is 8.25. The Labute approximate surface area is 124 Å². The third-order valence-electron chi connectivity index (χ3n) is 3.03. The molecule has 3 rings (SSSR count). The minimum Gasteiger partial charge on any atom is -0.501 e. The molecule has 0 atom stereocenters. The largest absolute Gasteiger partial charge is 0.501 e. The summed E-state index contributed by atoms with van der Waals surface area (Å²) in [5, 5.41) is 10.4. The van der Waals surface area contributed by atoms with Crippen molar-refractivity contribution in [2.45, 2.75) is 0 Å². The summed E-state index contributed by atoms with van der Waals surface area (Å²) in [6.07, 6.45) is 1.33. The maximum absolute atomic E-state index is 12.1. The molecule has 0 fully saturated rings. The zero-order valence-electron chi connectivity index (χ0n) is 11.0. The van der Waals surface area contributed by atoms with E-state index >= 15 is 0 Å². The first-order chi connectivity index (χ1) is 10.1. The molecule has 6 heteroatoms. The fourth-order valence-corrected chi connectivity index (χ4v) is 2.13. The van der Waals surface area contributed by atoms with Crippen molar-refractivity contribution in [1.29, 1.82) is 0 Å². The molecule has 0 aliphatic rings. The predicted octanol–water partition coefficient (Wildman–Crippen LogP) is 3.22. The van der Waals surface area contributed by atoms with Crippen LogP contribution in [0.1, 0.15) is 0 Å². The van der Waals surface area contributed by atoms with Gasteiger partial charge in [-0.3, -0.25) is 4.79 Å². The number of nitrogens with zero attached hydrogens (tertiary/aromatic N) is 1. The second kappa shape index (κ2) is 5.10. The number of methoxy groups -OCH3 is 1. The highest BCUT2D eigenvalue weighted by molar-refractivity contribution is 6.31. The van der Waals surface area contributed by atoms with Crippen LogP contribution in [0.3, 0.4) is 0 Å². The Morgan fingerprint density at radius 3 is 2.67 bits per heavy atom.